The number of amides is 1. The highest BCUT2D eigenvalue weighted by Gasteiger charge is 2.09. The second kappa shape index (κ2) is 6.05. The lowest BCUT2D eigenvalue weighted by Crippen LogP contribution is -2.15. The summed E-state index contributed by atoms with van der Waals surface area (Å²) in [6.07, 6.45) is 0.304. The molecule has 0 saturated heterocycles. The van der Waals surface area contributed by atoms with E-state index in [2.05, 4.69) is 5.32 Å². The minimum atomic E-state index is -0.0428. The highest BCUT2D eigenvalue weighted by atomic mass is 16.5. The molecule has 0 aliphatic rings. The van der Waals surface area contributed by atoms with Gasteiger partial charge in [-0.15, -0.1) is 0 Å². The minimum Gasteiger partial charge on any atom is -0.496 e. The van der Waals surface area contributed by atoms with Gasteiger partial charge in [-0.05, 0) is 24.6 Å². The molecule has 2 rings (SSSR count). The van der Waals surface area contributed by atoms with Gasteiger partial charge in [-0.25, -0.2) is 0 Å². The molecule has 1 amide bonds. The zero-order valence-corrected chi connectivity index (χ0v) is 11.1. The number of methoxy groups -OCH3 is 1. The van der Waals surface area contributed by atoms with Gasteiger partial charge in [0.1, 0.15) is 5.75 Å². The normalized spacial score (nSPS) is 10.0. The second-order valence-corrected chi connectivity index (χ2v) is 4.35. The fourth-order valence-corrected chi connectivity index (χ4v) is 1.93. The number of hydrogen-bond acceptors (Lipinski definition) is 2. The van der Waals surface area contributed by atoms with Crippen molar-refractivity contribution in [3.05, 3.63) is 59.7 Å². The molecule has 2 aromatic rings. The van der Waals surface area contributed by atoms with Gasteiger partial charge in [-0.2, -0.15) is 0 Å². The summed E-state index contributed by atoms with van der Waals surface area (Å²) in [7, 11) is 1.61. The number of ether oxygens (including phenoxy) is 1. The van der Waals surface area contributed by atoms with Gasteiger partial charge in [0.05, 0.1) is 13.5 Å². The van der Waals surface area contributed by atoms with Crippen LogP contribution >= 0.6 is 0 Å². The van der Waals surface area contributed by atoms with E-state index in [0.717, 1.165) is 22.6 Å². The molecule has 0 atom stereocenters. The molecular weight excluding hydrogens is 238 g/mol. The minimum absolute atomic E-state index is 0.0428. The third-order valence-corrected chi connectivity index (χ3v) is 2.96. The van der Waals surface area contributed by atoms with E-state index in [4.69, 9.17) is 4.74 Å². The van der Waals surface area contributed by atoms with Crippen LogP contribution < -0.4 is 10.1 Å². The first kappa shape index (κ1) is 13.1. The van der Waals surface area contributed by atoms with E-state index >= 15 is 0 Å². The van der Waals surface area contributed by atoms with Crippen molar-refractivity contribution in [2.45, 2.75) is 13.3 Å². The van der Waals surface area contributed by atoms with Gasteiger partial charge in [-0.3, -0.25) is 4.79 Å². The molecule has 0 aromatic heterocycles. The highest BCUT2D eigenvalue weighted by molar-refractivity contribution is 5.93. The van der Waals surface area contributed by atoms with Crippen LogP contribution in [-0.2, 0) is 11.2 Å². The molecule has 0 heterocycles. The van der Waals surface area contributed by atoms with Crippen LogP contribution in [0.2, 0.25) is 0 Å². The first-order valence-electron chi connectivity index (χ1n) is 6.18. The van der Waals surface area contributed by atoms with Crippen molar-refractivity contribution in [1.29, 1.82) is 0 Å². The topological polar surface area (TPSA) is 38.3 Å². The second-order valence-electron chi connectivity index (χ2n) is 4.35. The molecule has 0 spiro atoms. The predicted octanol–water partition coefficient (Wildman–Crippen LogP) is 3.18. The van der Waals surface area contributed by atoms with Gasteiger partial charge < -0.3 is 10.1 Å². The maximum absolute atomic E-state index is 12.0. The Bertz CT molecular complexity index is 578. The molecule has 0 aliphatic heterocycles. The molecule has 0 radical (unpaired) electrons. The van der Waals surface area contributed by atoms with Gasteiger partial charge in [0.25, 0.3) is 0 Å². The predicted molar refractivity (Wildman–Crippen MR) is 76.5 cm³/mol. The summed E-state index contributed by atoms with van der Waals surface area (Å²) in [4.78, 5) is 12.0. The van der Waals surface area contributed by atoms with Crippen LogP contribution in [0, 0.1) is 6.92 Å². The molecule has 0 unspecified atom stereocenters. The number of carbonyl (C=O) groups excluding carboxylic acids is 1. The van der Waals surface area contributed by atoms with E-state index < -0.39 is 0 Å². The SMILES string of the molecule is COc1ccccc1CC(=O)Nc1ccccc1C. The van der Waals surface area contributed by atoms with Crippen LogP contribution in [0.1, 0.15) is 11.1 Å². The van der Waals surface area contributed by atoms with Crippen molar-refractivity contribution in [2.75, 3.05) is 12.4 Å². The van der Waals surface area contributed by atoms with E-state index in [9.17, 15) is 4.79 Å². The summed E-state index contributed by atoms with van der Waals surface area (Å²) in [6, 6.07) is 15.3. The Morgan fingerprint density at radius 2 is 1.79 bits per heavy atom. The maximum atomic E-state index is 12.0. The summed E-state index contributed by atoms with van der Waals surface area (Å²) in [5.41, 5.74) is 2.79. The zero-order valence-electron chi connectivity index (χ0n) is 11.1. The first-order valence-corrected chi connectivity index (χ1v) is 6.18. The van der Waals surface area contributed by atoms with E-state index in [0.29, 0.717) is 6.42 Å². The number of aryl methyl sites for hydroxylation is 1. The smallest absolute Gasteiger partial charge is 0.228 e. The molecule has 2 aromatic carbocycles. The van der Waals surface area contributed by atoms with Crippen molar-refractivity contribution < 1.29 is 9.53 Å². The van der Waals surface area contributed by atoms with Crippen LogP contribution in [0.25, 0.3) is 0 Å². The first-order chi connectivity index (χ1) is 9.20. The zero-order chi connectivity index (χ0) is 13.7. The van der Waals surface area contributed by atoms with Crippen molar-refractivity contribution in [1.82, 2.24) is 0 Å². The fraction of sp³-hybridized carbons (Fsp3) is 0.188. The van der Waals surface area contributed by atoms with Gasteiger partial charge in [0.15, 0.2) is 0 Å². The molecule has 1 N–H and O–H groups in total. The number of nitrogens with one attached hydrogen (secondary N) is 1. The number of benzene rings is 2. The average molecular weight is 255 g/mol. The quantitative estimate of drug-likeness (QED) is 0.911. The Balaban J connectivity index is 2.08. The van der Waals surface area contributed by atoms with Gasteiger partial charge in [-0.1, -0.05) is 36.4 Å². The number of carbonyl (C=O) groups is 1. The Morgan fingerprint density at radius 1 is 1.11 bits per heavy atom. The van der Waals surface area contributed by atoms with E-state index in [1.807, 2.05) is 55.5 Å². The summed E-state index contributed by atoms with van der Waals surface area (Å²) < 4.78 is 5.24. The molecule has 0 aliphatic carbocycles. The number of para-hydroxylation sites is 2. The lowest BCUT2D eigenvalue weighted by Gasteiger charge is -2.10. The summed E-state index contributed by atoms with van der Waals surface area (Å²) in [5, 5.41) is 2.92. The third-order valence-electron chi connectivity index (χ3n) is 2.96. The maximum Gasteiger partial charge on any atom is 0.228 e. The van der Waals surface area contributed by atoms with E-state index in [-0.39, 0.29) is 5.91 Å². The standard InChI is InChI=1S/C16H17NO2/c1-12-7-3-5-9-14(12)17-16(18)11-13-8-4-6-10-15(13)19-2/h3-10H,11H2,1-2H3,(H,17,18). The Kier molecular flexibility index (Phi) is 4.18. The molecule has 19 heavy (non-hydrogen) atoms. The number of rotatable bonds is 4. The number of anilines is 1. The third kappa shape index (κ3) is 3.35. The van der Waals surface area contributed by atoms with Crippen molar-refractivity contribution in [3.63, 3.8) is 0 Å². The molecular formula is C16H17NO2. The highest BCUT2D eigenvalue weighted by Crippen LogP contribution is 2.19. The molecule has 98 valence electrons. The summed E-state index contributed by atoms with van der Waals surface area (Å²) in [6.45, 7) is 1.97. The van der Waals surface area contributed by atoms with Crippen LogP contribution in [-0.4, -0.2) is 13.0 Å². The molecule has 3 nitrogen and oxygen atoms in total. The van der Waals surface area contributed by atoms with Crippen LogP contribution in [0.15, 0.2) is 48.5 Å². The van der Waals surface area contributed by atoms with Crippen LogP contribution in [0.5, 0.6) is 5.75 Å². The molecule has 3 heteroatoms. The molecule has 0 bridgehead atoms. The summed E-state index contributed by atoms with van der Waals surface area (Å²) >= 11 is 0. The average Bonchev–Trinajstić information content (AvgIpc) is 2.42. The summed E-state index contributed by atoms with van der Waals surface area (Å²) in [5.74, 6) is 0.696. The van der Waals surface area contributed by atoms with E-state index in [1.54, 1.807) is 7.11 Å². The van der Waals surface area contributed by atoms with Crippen LogP contribution in [0.4, 0.5) is 5.69 Å². The largest absolute Gasteiger partial charge is 0.496 e. The van der Waals surface area contributed by atoms with Gasteiger partial charge >= 0.3 is 0 Å². The monoisotopic (exact) mass is 255 g/mol. The fourth-order valence-electron chi connectivity index (χ4n) is 1.93. The lowest BCUT2D eigenvalue weighted by atomic mass is 10.1. The van der Waals surface area contributed by atoms with Crippen molar-refractivity contribution in [2.24, 2.45) is 0 Å². The van der Waals surface area contributed by atoms with E-state index in [1.165, 1.54) is 0 Å². The Morgan fingerprint density at radius 3 is 2.53 bits per heavy atom. The Labute approximate surface area is 113 Å². The lowest BCUT2D eigenvalue weighted by molar-refractivity contribution is -0.115. The molecule has 0 fully saturated rings. The van der Waals surface area contributed by atoms with Gasteiger partial charge in [0, 0.05) is 11.3 Å². The van der Waals surface area contributed by atoms with Crippen molar-refractivity contribution in [3.8, 4) is 5.75 Å². The van der Waals surface area contributed by atoms with Crippen LogP contribution in [0.3, 0.4) is 0 Å². The van der Waals surface area contributed by atoms with Gasteiger partial charge in [0.2, 0.25) is 5.91 Å². The molecule has 0 saturated carbocycles. The van der Waals surface area contributed by atoms with Crippen molar-refractivity contribution >= 4 is 11.6 Å². The number of hydrogen-bond donors (Lipinski definition) is 1. The Hall–Kier alpha value is -2.29.